The van der Waals surface area contributed by atoms with E-state index in [4.69, 9.17) is 0 Å². The Kier molecular flexibility index (Phi) is 3.29. The molecular weight excluding hydrogens is 88.1 g/mol. The van der Waals surface area contributed by atoms with E-state index in [-0.39, 0.29) is 0 Å². The second-order valence-corrected chi connectivity index (χ2v) is 1.40. The molecule has 0 amide bonds. The third-order valence-electron chi connectivity index (χ3n) is 0.671. The van der Waals surface area contributed by atoms with E-state index in [9.17, 15) is 4.79 Å². The summed E-state index contributed by atoms with van der Waals surface area (Å²) in [5.41, 5.74) is 0.697. The summed E-state index contributed by atoms with van der Waals surface area (Å²) in [6.07, 6.45) is 4.53. The Morgan fingerprint density at radius 3 is 2.57 bits per heavy atom. The zero-order valence-electron chi connectivity index (χ0n) is 4.69. The third-order valence-corrected chi connectivity index (χ3v) is 0.671. The molecule has 0 bridgehead atoms. The summed E-state index contributed by atoms with van der Waals surface area (Å²) in [6, 6.07) is 0. The van der Waals surface area contributed by atoms with Crippen LogP contribution < -0.4 is 0 Å². The van der Waals surface area contributed by atoms with Gasteiger partial charge in [0.05, 0.1) is 0 Å². The van der Waals surface area contributed by atoms with Crippen molar-refractivity contribution in [1.29, 1.82) is 0 Å². The molecule has 0 saturated heterocycles. The molecule has 0 rings (SSSR count). The van der Waals surface area contributed by atoms with Crippen LogP contribution in [-0.4, -0.2) is 6.29 Å². The number of allylic oxidation sites excluding steroid dienone is 2. The zero-order chi connectivity index (χ0) is 5.70. The highest BCUT2D eigenvalue weighted by Crippen LogP contribution is 1.87. The van der Waals surface area contributed by atoms with Crippen LogP contribution in [0.25, 0.3) is 0 Å². The number of hydrogen-bond acceptors (Lipinski definition) is 1. The summed E-state index contributed by atoms with van der Waals surface area (Å²) in [5, 5.41) is 0. The first kappa shape index (κ1) is 6.41. The van der Waals surface area contributed by atoms with Gasteiger partial charge in [0.25, 0.3) is 0 Å². The van der Waals surface area contributed by atoms with Crippen LogP contribution in [0, 0.1) is 0 Å². The van der Waals surface area contributed by atoms with Crippen LogP contribution in [0.3, 0.4) is 0 Å². The molecule has 7 heavy (non-hydrogen) atoms. The van der Waals surface area contributed by atoms with Gasteiger partial charge in [-0.25, -0.2) is 0 Å². The first-order valence-corrected chi connectivity index (χ1v) is 2.36. The van der Waals surface area contributed by atoms with Gasteiger partial charge in [-0.05, 0) is 18.9 Å². The van der Waals surface area contributed by atoms with Crippen molar-refractivity contribution >= 4 is 6.29 Å². The molecule has 0 N–H and O–H groups in total. The average Bonchev–Trinajstić information content (AvgIpc) is 1.68. The molecule has 39 valence electrons. The average molecular weight is 97.1 g/mol. The van der Waals surface area contributed by atoms with Crippen LogP contribution in [0.4, 0.5) is 0 Å². The molecule has 0 saturated carbocycles. The van der Waals surface area contributed by atoms with E-state index in [1.165, 1.54) is 0 Å². The Morgan fingerprint density at radius 1 is 1.86 bits per heavy atom. The van der Waals surface area contributed by atoms with Crippen LogP contribution >= 0.6 is 0 Å². The van der Waals surface area contributed by atoms with Gasteiger partial charge < -0.3 is 0 Å². The molecule has 0 fully saturated rings. The number of hydrogen-bond donors (Lipinski definition) is 0. The Bertz CT molecular complexity index is 82.2. The highest BCUT2D eigenvalue weighted by molar-refractivity contribution is 5.72. The van der Waals surface area contributed by atoms with Crippen molar-refractivity contribution in [2.24, 2.45) is 0 Å². The van der Waals surface area contributed by atoms with E-state index in [1.54, 1.807) is 13.2 Å². The van der Waals surface area contributed by atoms with E-state index in [1.807, 2.05) is 13.0 Å². The van der Waals surface area contributed by atoms with Crippen molar-refractivity contribution in [2.75, 3.05) is 0 Å². The lowest BCUT2D eigenvalue weighted by atomic mass is 10.3. The van der Waals surface area contributed by atoms with Crippen LogP contribution in [0.5, 0.6) is 0 Å². The molecule has 0 unspecified atom stereocenters. The fourth-order valence-electron chi connectivity index (χ4n) is 0.348. The van der Waals surface area contributed by atoms with Crippen LogP contribution in [0.2, 0.25) is 0 Å². The molecule has 0 atom stereocenters. The Morgan fingerprint density at radius 2 is 2.43 bits per heavy atom. The number of rotatable bonds is 2. The van der Waals surface area contributed by atoms with Gasteiger partial charge in [0.2, 0.25) is 6.29 Å². The van der Waals surface area contributed by atoms with Crippen LogP contribution in [-0.2, 0) is 4.79 Å². The van der Waals surface area contributed by atoms with Gasteiger partial charge in [-0.15, -0.1) is 0 Å². The van der Waals surface area contributed by atoms with Gasteiger partial charge in [-0.1, -0.05) is 13.0 Å². The predicted molar refractivity (Wildman–Crippen MR) is 29.7 cm³/mol. The molecule has 0 aromatic heterocycles. The third kappa shape index (κ3) is 3.23. The first-order chi connectivity index (χ1) is 3.31. The van der Waals surface area contributed by atoms with Crippen molar-refractivity contribution in [3.05, 3.63) is 11.6 Å². The van der Waals surface area contributed by atoms with Crippen LogP contribution in [0.1, 0.15) is 20.3 Å². The minimum atomic E-state index is 0.697. The maximum absolute atomic E-state index is 9.70. The number of carbonyl (C=O) groups excluding carboxylic acids is 1. The van der Waals surface area contributed by atoms with Gasteiger partial charge in [0.1, 0.15) is 0 Å². The largest absolute Gasteiger partial charge is 0.285 e. The van der Waals surface area contributed by atoms with Crippen molar-refractivity contribution in [3.63, 3.8) is 0 Å². The summed E-state index contributed by atoms with van der Waals surface area (Å²) >= 11 is 0. The second-order valence-electron chi connectivity index (χ2n) is 1.40. The molecule has 1 heteroatoms. The van der Waals surface area contributed by atoms with Gasteiger partial charge in [-0.3, -0.25) is 4.79 Å². The SMILES string of the molecule is CC/C=C(\C)[C]=O. The Labute approximate surface area is 44.0 Å². The van der Waals surface area contributed by atoms with Gasteiger partial charge in [0, 0.05) is 0 Å². The van der Waals surface area contributed by atoms with Crippen molar-refractivity contribution < 1.29 is 4.79 Å². The maximum atomic E-state index is 9.70. The normalized spacial score (nSPS) is 11.4. The van der Waals surface area contributed by atoms with E-state index in [2.05, 4.69) is 0 Å². The molecule has 1 nitrogen and oxygen atoms in total. The lowest BCUT2D eigenvalue weighted by Gasteiger charge is -1.78. The highest BCUT2D eigenvalue weighted by Gasteiger charge is 1.78. The molecule has 0 spiro atoms. The van der Waals surface area contributed by atoms with Crippen molar-refractivity contribution in [2.45, 2.75) is 20.3 Å². The lowest BCUT2D eigenvalue weighted by molar-refractivity contribution is 0.561. The maximum Gasteiger partial charge on any atom is 0.228 e. The predicted octanol–water partition coefficient (Wildman–Crippen LogP) is 1.45. The standard InChI is InChI=1S/C6H9O/c1-3-4-6(2)5-7/h4H,3H2,1-2H3/b6-4+. The Balaban J connectivity index is 3.49. The highest BCUT2D eigenvalue weighted by atomic mass is 16.1. The first-order valence-electron chi connectivity index (χ1n) is 2.36. The monoisotopic (exact) mass is 97.1 g/mol. The second kappa shape index (κ2) is 3.59. The molecule has 0 aromatic rings. The lowest BCUT2D eigenvalue weighted by Crippen LogP contribution is -1.72. The quantitative estimate of drug-likeness (QED) is 0.476. The Hall–Kier alpha value is -0.590. The topological polar surface area (TPSA) is 17.1 Å². The van der Waals surface area contributed by atoms with E-state index < -0.39 is 0 Å². The summed E-state index contributed by atoms with van der Waals surface area (Å²) < 4.78 is 0. The smallest absolute Gasteiger partial charge is 0.228 e. The molecule has 0 aliphatic heterocycles. The zero-order valence-corrected chi connectivity index (χ0v) is 4.69. The molecular formula is C6H9O. The summed E-state index contributed by atoms with van der Waals surface area (Å²) in [4.78, 5) is 9.70. The van der Waals surface area contributed by atoms with Crippen molar-refractivity contribution in [1.82, 2.24) is 0 Å². The molecule has 0 aliphatic rings. The summed E-state index contributed by atoms with van der Waals surface area (Å²) in [7, 11) is 0. The van der Waals surface area contributed by atoms with E-state index in [0.717, 1.165) is 6.42 Å². The molecule has 0 heterocycles. The molecule has 1 radical (unpaired) electrons. The van der Waals surface area contributed by atoms with E-state index in [0.29, 0.717) is 5.57 Å². The summed E-state index contributed by atoms with van der Waals surface area (Å²) in [5.74, 6) is 0. The van der Waals surface area contributed by atoms with Gasteiger partial charge >= 0.3 is 0 Å². The van der Waals surface area contributed by atoms with Gasteiger partial charge in [0.15, 0.2) is 0 Å². The van der Waals surface area contributed by atoms with Crippen LogP contribution in [0.15, 0.2) is 11.6 Å². The fourth-order valence-corrected chi connectivity index (χ4v) is 0.348. The van der Waals surface area contributed by atoms with Crippen molar-refractivity contribution in [3.8, 4) is 0 Å². The minimum Gasteiger partial charge on any atom is -0.285 e. The summed E-state index contributed by atoms with van der Waals surface area (Å²) in [6.45, 7) is 3.73. The van der Waals surface area contributed by atoms with Gasteiger partial charge in [-0.2, -0.15) is 0 Å². The molecule has 0 aromatic carbocycles. The fraction of sp³-hybridized carbons (Fsp3) is 0.500. The van der Waals surface area contributed by atoms with E-state index >= 15 is 0 Å². The minimum absolute atomic E-state index is 0.697. The molecule has 0 aliphatic carbocycles.